The van der Waals surface area contributed by atoms with Gasteiger partial charge < -0.3 is 0 Å². The SMILES string of the molecule is O=CC1=CC(C(F)(F)F)C(Cl)(CCl)C=C1. The molecule has 0 spiro atoms. The molecule has 1 aliphatic rings. The molecule has 0 heterocycles. The first kappa shape index (κ1) is 12.6. The normalized spacial score (nSPS) is 31.3. The molecule has 0 radical (unpaired) electrons. The Bertz CT molecular complexity index is 322. The van der Waals surface area contributed by atoms with E-state index in [1.165, 1.54) is 6.08 Å². The maximum absolute atomic E-state index is 12.6. The van der Waals surface area contributed by atoms with Crippen LogP contribution >= 0.6 is 23.2 Å². The lowest BCUT2D eigenvalue weighted by molar-refractivity contribution is -0.165. The van der Waals surface area contributed by atoms with Crippen molar-refractivity contribution in [3.05, 3.63) is 23.8 Å². The van der Waals surface area contributed by atoms with Crippen molar-refractivity contribution in [3.8, 4) is 0 Å². The van der Waals surface area contributed by atoms with E-state index in [4.69, 9.17) is 23.2 Å². The van der Waals surface area contributed by atoms with Gasteiger partial charge in [0.1, 0.15) is 6.29 Å². The third kappa shape index (κ3) is 2.55. The van der Waals surface area contributed by atoms with Crippen LogP contribution in [0.5, 0.6) is 0 Å². The predicted octanol–water partition coefficient (Wildman–Crippen LogP) is 3.08. The summed E-state index contributed by atoms with van der Waals surface area (Å²) in [4.78, 5) is 8.67. The first-order valence-electron chi connectivity index (χ1n) is 4.01. The molecule has 15 heavy (non-hydrogen) atoms. The fourth-order valence-corrected chi connectivity index (χ4v) is 1.80. The van der Waals surface area contributed by atoms with Crippen molar-refractivity contribution in [1.29, 1.82) is 0 Å². The third-order valence-electron chi connectivity index (χ3n) is 2.12. The molecule has 2 unspecified atom stereocenters. The second-order valence-corrected chi connectivity index (χ2v) is 4.17. The number of allylic oxidation sites excluding steroid dienone is 4. The van der Waals surface area contributed by atoms with Crippen LogP contribution in [-0.4, -0.2) is 23.2 Å². The van der Waals surface area contributed by atoms with Gasteiger partial charge in [-0.15, -0.1) is 23.2 Å². The van der Waals surface area contributed by atoms with Crippen molar-refractivity contribution in [2.24, 2.45) is 5.92 Å². The summed E-state index contributed by atoms with van der Waals surface area (Å²) in [7, 11) is 0. The molecule has 0 aromatic rings. The van der Waals surface area contributed by atoms with Crippen molar-refractivity contribution >= 4 is 29.5 Å². The lowest BCUT2D eigenvalue weighted by atomic mass is 9.86. The maximum Gasteiger partial charge on any atom is 0.397 e. The maximum atomic E-state index is 12.6. The van der Waals surface area contributed by atoms with E-state index in [-0.39, 0.29) is 11.5 Å². The fourth-order valence-electron chi connectivity index (χ4n) is 1.30. The number of carbonyl (C=O) groups excluding carboxylic acids is 1. The highest BCUT2D eigenvalue weighted by Crippen LogP contribution is 2.43. The summed E-state index contributed by atoms with van der Waals surface area (Å²) in [6.45, 7) is 0. The van der Waals surface area contributed by atoms with Crippen LogP contribution in [-0.2, 0) is 4.79 Å². The molecule has 0 saturated carbocycles. The van der Waals surface area contributed by atoms with Crippen molar-refractivity contribution in [2.45, 2.75) is 11.1 Å². The number of hydrogen-bond acceptors (Lipinski definition) is 1. The molecule has 0 aromatic heterocycles. The molecule has 0 bridgehead atoms. The number of aldehydes is 1. The second-order valence-electron chi connectivity index (χ2n) is 3.20. The van der Waals surface area contributed by atoms with Gasteiger partial charge in [-0.2, -0.15) is 13.2 Å². The van der Waals surface area contributed by atoms with E-state index in [1.807, 2.05) is 0 Å². The van der Waals surface area contributed by atoms with E-state index in [9.17, 15) is 18.0 Å². The zero-order valence-electron chi connectivity index (χ0n) is 7.39. The van der Waals surface area contributed by atoms with E-state index >= 15 is 0 Å². The van der Waals surface area contributed by atoms with Gasteiger partial charge in [0.05, 0.1) is 10.8 Å². The largest absolute Gasteiger partial charge is 0.397 e. The summed E-state index contributed by atoms with van der Waals surface area (Å²) in [6.07, 6.45) is -1.02. The number of rotatable bonds is 2. The Balaban J connectivity index is 3.12. The Morgan fingerprint density at radius 2 is 2.13 bits per heavy atom. The van der Waals surface area contributed by atoms with Gasteiger partial charge >= 0.3 is 6.18 Å². The molecule has 0 fully saturated rings. The molecule has 84 valence electrons. The molecule has 0 amide bonds. The molecule has 1 nitrogen and oxygen atoms in total. The fraction of sp³-hybridized carbons (Fsp3) is 0.444. The molecule has 0 N–H and O–H groups in total. The molecular formula is C9H7Cl2F3O. The Morgan fingerprint density at radius 3 is 2.53 bits per heavy atom. The Hall–Kier alpha value is -0.480. The van der Waals surface area contributed by atoms with Crippen LogP contribution < -0.4 is 0 Å². The van der Waals surface area contributed by atoms with Gasteiger partial charge in [0.2, 0.25) is 0 Å². The van der Waals surface area contributed by atoms with Gasteiger partial charge in [-0.25, -0.2) is 0 Å². The summed E-state index contributed by atoms with van der Waals surface area (Å²) < 4.78 is 37.8. The highest BCUT2D eigenvalue weighted by molar-refractivity contribution is 6.32. The first-order valence-corrected chi connectivity index (χ1v) is 4.92. The van der Waals surface area contributed by atoms with Gasteiger partial charge in [-0.3, -0.25) is 4.79 Å². The van der Waals surface area contributed by atoms with Crippen LogP contribution in [0.3, 0.4) is 0 Å². The minimum atomic E-state index is -4.52. The molecule has 0 saturated heterocycles. The third-order valence-corrected chi connectivity index (χ3v) is 3.20. The summed E-state index contributed by atoms with van der Waals surface area (Å²) in [5.74, 6) is -2.31. The summed E-state index contributed by atoms with van der Waals surface area (Å²) in [5, 5.41) is 0. The minimum absolute atomic E-state index is 0.0429. The van der Waals surface area contributed by atoms with Crippen molar-refractivity contribution in [1.82, 2.24) is 0 Å². The lowest BCUT2D eigenvalue weighted by Crippen LogP contribution is -2.42. The van der Waals surface area contributed by atoms with Crippen LogP contribution in [0.25, 0.3) is 0 Å². The molecule has 1 rings (SSSR count). The zero-order chi connectivity index (χ0) is 11.7. The molecule has 0 aromatic carbocycles. The quantitative estimate of drug-likeness (QED) is 0.550. The van der Waals surface area contributed by atoms with Crippen LogP contribution in [0.1, 0.15) is 0 Å². The van der Waals surface area contributed by atoms with Gasteiger partial charge in [0.25, 0.3) is 0 Å². The van der Waals surface area contributed by atoms with E-state index in [1.54, 1.807) is 0 Å². The molecule has 0 aliphatic heterocycles. The van der Waals surface area contributed by atoms with E-state index < -0.39 is 17.0 Å². The Labute approximate surface area is 94.5 Å². The van der Waals surface area contributed by atoms with Gasteiger partial charge in [-0.05, 0) is 0 Å². The molecular weight excluding hydrogens is 252 g/mol. The van der Waals surface area contributed by atoms with Crippen molar-refractivity contribution in [3.63, 3.8) is 0 Å². The molecule has 1 aliphatic carbocycles. The average molecular weight is 259 g/mol. The predicted molar refractivity (Wildman–Crippen MR) is 52.1 cm³/mol. The Morgan fingerprint density at radius 1 is 1.53 bits per heavy atom. The lowest BCUT2D eigenvalue weighted by Gasteiger charge is -2.33. The smallest absolute Gasteiger partial charge is 0.298 e. The number of carbonyl (C=O) groups is 1. The molecule has 2 atom stereocenters. The topological polar surface area (TPSA) is 17.1 Å². The number of alkyl halides is 5. The van der Waals surface area contributed by atoms with Gasteiger partial charge in [0.15, 0.2) is 0 Å². The highest BCUT2D eigenvalue weighted by atomic mass is 35.5. The summed E-state index contributed by atoms with van der Waals surface area (Å²) in [6, 6.07) is 0. The second kappa shape index (κ2) is 4.18. The average Bonchev–Trinajstić information content (AvgIpc) is 2.17. The van der Waals surface area contributed by atoms with Crippen LogP contribution in [0.4, 0.5) is 13.2 Å². The summed E-state index contributed by atoms with van der Waals surface area (Å²) >= 11 is 11.1. The van der Waals surface area contributed by atoms with E-state index in [0.717, 1.165) is 12.2 Å². The standard InChI is InChI=1S/C9H7Cl2F3O/c10-5-8(11)2-1-6(4-15)3-7(8)9(12,13)14/h1-4,7H,5H2. The van der Waals surface area contributed by atoms with Gasteiger partial charge in [0, 0.05) is 11.5 Å². The van der Waals surface area contributed by atoms with E-state index in [2.05, 4.69) is 0 Å². The monoisotopic (exact) mass is 258 g/mol. The van der Waals surface area contributed by atoms with Crippen LogP contribution in [0, 0.1) is 5.92 Å². The first-order chi connectivity index (χ1) is 6.83. The highest BCUT2D eigenvalue weighted by Gasteiger charge is 2.51. The zero-order valence-corrected chi connectivity index (χ0v) is 8.90. The Kier molecular flexibility index (Phi) is 3.51. The van der Waals surface area contributed by atoms with Crippen LogP contribution in [0.15, 0.2) is 23.8 Å². The number of halogens is 5. The minimum Gasteiger partial charge on any atom is -0.298 e. The summed E-state index contributed by atoms with van der Waals surface area (Å²) in [5.41, 5.74) is -0.0429. The van der Waals surface area contributed by atoms with Gasteiger partial charge in [-0.1, -0.05) is 18.2 Å². The van der Waals surface area contributed by atoms with Crippen molar-refractivity contribution < 1.29 is 18.0 Å². The van der Waals surface area contributed by atoms with Crippen LogP contribution in [0.2, 0.25) is 0 Å². The molecule has 6 heteroatoms. The number of hydrogen-bond donors (Lipinski definition) is 0. The van der Waals surface area contributed by atoms with Crippen molar-refractivity contribution in [2.75, 3.05) is 5.88 Å². The van der Waals surface area contributed by atoms with E-state index in [0.29, 0.717) is 6.29 Å².